The Bertz CT molecular complexity index is 710. The Morgan fingerprint density at radius 2 is 1.85 bits per heavy atom. The van der Waals surface area contributed by atoms with E-state index in [1.165, 1.54) is 25.7 Å². The molecule has 1 aromatic carbocycles. The molecule has 3 rings (SSSR count). The van der Waals surface area contributed by atoms with Crippen LogP contribution < -0.4 is 15.4 Å². The summed E-state index contributed by atoms with van der Waals surface area (Å²) in [5, 5.41) is 6.24. The second-order valence-corrected chi connectivity index (χ2v) is 6.51. The highest BCUT2D eigenvalue weighted by molar-refractivity contribution is 5.92. The number of hydrogen-bond acceptors (Lipinski definition) is 5. The van der Waals surface area contributed by atoms with E-state index in [2.05, 4.69) is 20.6 Å². The summed E-state index contributed by atoms with van der Waals surface area (Å²) in [6, 6.07) is 9.46. The predicted octanol–water partition coefficient (Wildman–Crippen LogP) is 4.07. The number of aromatic nitrogens is 2. The average Bonchev–Trinajstić information content (AvgIpc) is 2.92. The van der Waals surface area contributed by atoms with E-state index in [1.807, 2.05) is 31.2 Å². The summed E-state index contributed by atoms with van der Waals surface area (Å²) in [4.78, 5) is 21.1. The molecule has 0 spiro atoms. The number of nitrogens with zero attached hydrogens (tertiary/aromatic N) is 2. The topological polar surface area (TPSA) is 76.1 Å². The van der Waals surface area contributed by atoms with Crippen LogP contribution in [0.25, 0.3) is 0 Å². The van der Waals surface area contributed by atoms with Gasteiger partial charge in [-0.25, -0.2) is 9.97 Å². The molecular formula is C20H26N4O2. The van der Waals surface area contributed by atoms with Crippen molar-refractivity contribution in [3.8, 4) is 5.75 Å². The van der Waals surface area contributed by atoms with Crippen molar-refractivity contribution < 1.29 is 9.53 Å². The van der Waals surface area contributed by atoms with Crippen molar-refractivity contribution in [2.45, 2.75) is 51.5 Å². The smallest absolute Gasteiger partial charge is 0.270 e. The maximum absolute atomic E-state index is 12.5. The van der Waals surface area contributed by atoms with Gasteiger partial charge in [0, 0.05) is 17.9 Å². The van der Waals surface area contributed by atoms with Crippen molar-refractivity contribution in [1.82, 2.24) is 15.3 Å². The SMILES string of the molecule is CCOc1ccc(Nc2nccc(C(=O)NC3CCCCCC3)n2)cc1. The molecule has 1 fully saturated rings. The minimum atomic E-state index is -0.131. The first-order chi connectivity index (χ1) is 12.7. The van der Waals surface area contributed by atoms with Crippen molar-refractivity contribution in [3.05, 3.63) is 42.2 Å². The number of carbonyl (C=O) groups excluding carboxylic acids is 1. The van der Waals surface area contributed by atoms with E-state index in [4.69, 9.17) is 4.74 Å². The van der Waals surface area contributed by atoms with Crippen LogP contribution in [0.1, 0.15) is 55.9 Å². The number of nitrogens with one attached hydrogen (secondary N) is 2. The Labute approximate surface area is 154 Å². The average molecular weight is 354 g/mol. The van der Waals surface area contributed by atoms with Gasteiger partial charge in [0.1, 0.15) is 11.4 Å². The standard InChI is InChI=1S/C20H26N4O2/c1-2-26-17-11-9-16(10-12-17)23-20-21-14-13-18(24-20)19(25)22-15-7-5-3-4-6-8-15/h9-15H,2-8H2,1H3,(H,22,25)(H,21,23,24). The van der Waals surface area contributed by atoms with Gasteiger partial charge in [-0.1, -0.05) is 25.7 Å². The number of rotatable bonds is 6. The van der Waals surface area contributed by atoms with Crippen molar-refractivity contribution in [1.29, 1.82) is 0 Å². The van der Waals surface area contributed by atoms with Crippen molar-refractivity contribution in [3.63, 3.8) is 0 Å². The highest BCUT2D eigenvalue weighted by Crippen LogP contribution is 2.19. The number of ether oxygens (including phenoxy) is 1. The lowest BCUT2D eigenvalue weighted by Gasteiger charge is -2.16. The van der Waals surface area contributed by atoms with Gasteiger partial charge >= 0.3 is 0 Å². The summed E-state index contributed by atoms with van der Waals surface area (Å²) in [6.07, 6.45) is 8.58. The van der Waals surface area contributed by atoms with Gasteiger partial charge in [-0.05, 0) is 50.1 Å². The van der Waals surface area contributed by atoms with E-state index in [1.54, 1.807) is 12.3 Å². The zero-order chi connectivity index (χ0) is 18.2. The van der Waals surface area contributed by atoms with Crippen molar-refractivity contribution in [2.75, 3.05) is 11.9 Å². The fourth-order valence-corrected chi connectivity index (χ4v) is 3.16. The van der Waals surface area contributed by atoms with E-state index in [0.29, 0.717) is 18.2 Å². The van der Waals surface area contributed by atoms with Gasteiger partial charge in [0.15, 0.2) is 0 Å². The van der Waals surface area contributed by atoms with Gasteiger partial charge in [0.05, 0.1) is 6.61 Å². The largest absolute Gasteiger partial charge is 0.494 e. The lowest BCUT2D eigenvalue weighted by Crippen LogP contribution is -2.35. The lowest BCUT2D eigenvalue weighted by atomic mass is 10.1. The van der Waals surface area contributed by atoms with Crippen LogP contribution in [-0.4, -0.2) is 28.5 Å². The maximum atomic E-state index is 12.5. The normalized spacial score (nSPS) is 15.1. The molecule has 0 unspecified atom stereocenters. The Kier molecular flexibility index (Phi) is 6.41. The quantitative estimate of drug-likeness (QED) is 0.765. The van der Waals surface area contributed by atoms with Crippen LogP contribution in [0, 0.1) is 0 Å². The minimum Gasteiger partial charge on any atom is -0.494 e. The molecule has 2 N–H and O–H groups in total. The van der Waals surface area contributed by atoms with Gasteiger partial charge in [-0.15, -0.1) is 0 Å². The fourth-order valence-electron chi connectivity index (χ4n) is 3.16. The highest BCUT2D eigenvalue weighted by atomic mass is 16.5. The molecule has 1 aliphatic rings. The van der Waals surface area contributed by atoms with Gasteiger partial charge in [-0.2, -0.15) is 0 Å². The molecule has 1 aromatic heterocycles. The second-order valence-electron chi connectivity index (χ2n) is 6.51. The fraction of sp³-hybridized carbons (Fsp3) is 0.450. The number of amides is 1. The molecule has 2 aromatic rings. The van der Waals surface area contributed by atoms with Crippen molar-refractivity contribution >= 4 is 17.5 Å². The second kappa shape index (κ2) is 9.17. The molecule has 0 bridgehead atoms. The molecular weight excluding hydrogens is 328 g/mol. The molecule has 138 valence electrons. The van der Waals surface area contributed by atoms with Crippen LogP contribution in [0.3, 0.4) is 0 Å². The first-order valence-corrected chi connectivity index (χ1v) is 9.38. The summed E-state index contributed by atoms with van der Waals surface area (Å²) >= 11 is 0. The predicted molar refractivity (Wildman–Crippen MR) is 102 cm³/mol. The molecule has 1 heterocycles. The van der Waals surface area contributed by atoms with Crippen LogP contribution in [0.5, 0.6) is 5.75 Å². The molecule has 1 amide bonds. The highest BCUT2D eigenvalue weighted by Gasteiger charge is 2.17. The number of anilines is 2. The zero-order valence-corrected chi connectivity index (χ0v) is 15.2. The first kappa shape index (κ1) is 18.2. The third kappa shape index (κ3) is 5.18. The van der Waals surface area contributed by atoms with E-state index < -0.39 is 0 Å². The Hall–Kier alpha value is -2.63. The molecule has 0 aliphatic heterocycles. The molecule has 6 heteroatoms. The first-order valence-electron chi connectivity index (χ1n) is 9.38. The number of benzene rings is 1. The Morgan fingerprint density at radius 1 is 1.12 bits per heavy atom. The summed E-state index contributed by atoms with van der Waals surface area (Å²) in [5.74, 6) is 1.09. The van der Waals surface area contributed by atoms with E-state index in [-0.39, 0.29) is 11.9 Å². The third-order valence-electron chi connectivity index (χ3n) is 4.50. The van der Waals surface area contributed by atoms with Gasteiger partial charge < -0.3 is 15.4 Å². The summed E-state index contributed by atoms with van der Waals surface area (Å²) in [5.41, 5.74) is 1.23. The van der Waals surface area contributed by atoms with Crippen LogP contribution in [-0.2, 0) is 0 Å². The monoisotopic (exact) mass is 354 g/mol. The van der Waals surface area contributed by atoms with E-state index in [0.717, 1.165) is 24.3 Å². The Balaban J connectivity index is 1.62. The summed E-state index contributed by atoms with van der Waals surface area (Å²) in [6.45, 7) is 2.58. The zero-order valence-electron chi connectivity index (χ0n) is 15.2. The molecule has 0 saturated heterocycles. The van der Waals surface area contributed by atoms with Gasteiger partial charge in [-0.3, -0.25) is 4.79 Å². The van der Waals surface area contributed by atoms with Crippen LogP contribution >= 0.6 is 0 Å². The van der Waals surface area contributed by atoms with Crippen LogP contribution in [0.4, 0.5) is 11.6 Å². The van der Waals surface area contributed by atoms with Gasteiger partial charge in [0.2, 0.25) is 5.95 Å². The minimum absolute atomic E-state index is 0.131. The third-order valence-corrected chi connectivity index (χ3v) is 4.50. The van der Waals surface area contributed by atoms with Crippen LogP contribution in [0.15, 0.2) is 36.5 Å². The molecule has 26 heavy (non-hydrogen) atoms. The molecule has 0 radical (unpaired) electrons. The van der Waals surface area contributed by atoms with Crippen molar-refractivity contribution in [2.24, 2.45) is 0 Å². The summed E-state index contributed by atoms with van der Waals surface area (Å²) < 4.78 is 5.43. The molecule has 1 saturated carbocycles. The number of carbonyl (C=O) groups is 1. The van der Waals surface area contributed by atoms with E-state index >= 15 is 0 Å². The maximum Gasteiger partial charge on any atom is 0.270 e. The van der Waals surface area contributed by atoms with E-state index in [9.17, 15) is 4.79 Å². The summed E-state index contributed by atoms with van der Waals surface area (Å²) in [7, 11) is 0. The molecule has 0 atom stereocenters. The van der Waals surface area contributed by atoms with Gasteiger partial charge in [0.25, 0.3) is 5.91 Å². The molecule has 6 nitrogen and oxygen atoms in total. The lowest BCUT2D eigenvalue weighted by molar-refractivity contribution is 0.0928. The Morgan fingerprint density at radius 3 is 2.54 bits per heavy atom. The number of hydrogen-bond donors (Lipinski definition) is 2. The molecule has 1 aliphatic carbocycles. The van der Waals surface area contributed by atoms with Crippen LogP contribution in [0.2, 0.25) is 0 Å².